The Balaban J connectivity index is 0.00000324. The molecule has 0 saturated carbocycles. The van der Waals surface area contributed by atoms with Gasteiger partial charge in [-0.3, -0.25) is 4.79 Å². The second-order valence-electron chi connectivity index (χ2n) is 4.58. The van der Waals surface area contributed by atoms with Crippen molar-refractivity contribution < 1.29 is 18.7 Å². The van der Waals surface area contributed by atoms with E-state index in [9.17, 15) is 9.18 Å². The summed E-state index contributed by atoms with van der Waals surface area (Å²) in [7, 11) is 2.68. The van der Waals surface area contributed by atoms with E-state index in [0.717, 1.165) is 0 Å². The number of benzene rings is 1. The number of carbonyl (C=O) groups excluding carboxylic acids is 1. The lowest BCUT2D eigenvalue weighted by Gasteiger charge is -2.29. The first-order chi connectivity index (χ1) is 8.34. The smallest absolute Gasteiger partial charge is 0.313 e. The molecule has 0 spiro atoms. The quantitative estimate of drug-likeness (QED) is 0.866. The van der Waals surface area contributed by atoms with Gasteiger partial charge in [-0.2, -0.15) is 0 Å². The summed E-state index contributed by atoms with van der Waals surface area (Å²) in [6.45, 7) is 3.36. The Hall–Kier alpha value is -1.33. The van der Waals surface area contributed by atoms with E-state index in [-0.39, 0.29) is 18.2 Å². The van der Waals surface area contributed by atoms with Crippen LogP contribution in [0.15, 0.2) is 18.2 Å². The van der Waals surface area contributed by atoms with Gasteiger partial charge in [0.05, 0.1) is 19.6 Å². The predicted molar refractivity (Wildman–Crippen MR) is 72.9 cm³/mol. The minimum absolute atomic E-state index is 0. The van der Waals surface area contributed by atoms with Crippen molar-refractivity contribution in [1.82, 2.24) is 0 Å². The fourth-order valence-corrected chi connectivity index (χ4v) is 1.68. The highest BCUT2D eigenvalue weighted by Gasteiger charge is 2.36. The Bertz CT molecular complexity index is 452. The monoisotopic (exact) mass is 291 g/mol. The zero-order chi connectivity index (χ0) is 13.9. The fraction of sp³-hybridized carbons (Fsp3) is 0.462. The molecule has 1 aromatic carbocycles. The topological polar surface area (TPSA) is 61.5 Å². The first kappa shape index (κ1) is 17.7. The molecule has 108 valence electrons. The van der Waals surface area contributed by atoms with Crippen molar-refractivity contribution in [2.24, 2.45) is 11.1 Å². The van der Waals surface area contributed by atoms with Crippen molar-refractivity contribution in [3.63, 3.8) is 0 Å². The predicted octanol–water partition coefficient (Wildman–Crippen LogP) is 2.46. The van der Waals surface area contributed by atoms with E-state index in [1.54, 1.807) is 13.8 Å². The summed E-state index contributed by atoms with van der Waals surface area (Å²) in [5.41, 5.74) is 5.75. The summed E-state index contributed by atoms with van der Waals surface area (Å²) in [6, 6.07) is 3.68. The van der Waals surface area contributed by atoms with E-state index in [2.05, 4.69) is 0 Å². The number of esters is 1. The Morgan fingerprint density at radius 1 is 1.37 bits per heavy atom. The SMILES string of the molecule is COC(=O)C(C)(C)[C@H](N)c1ccc(F)c(OC)c1.Cl. The second-order valence-corrected chi connectivity index (χ2v) is 4.58. The van der Waals surface area contributed by atoms with E-state index >= 15 is 0 Å². The van der Waals surface area contributed by atoms with Crippen molar-refractivity contribution in [3.8, 4) is 5.75 Å². The standard InChI is InChI=1S/C13H18FNO3.ClH/c1-13(2,12(16)18-4)11(15)8-5-6-9(14)10(7-8)17-3;/h5-7,11H,15H2,1-4H3;1H/t11-;/m1./s1. The molecule has 1 aromatic rings. The van der Waals surface area contributed by atoms with Crippen molar-refractivity contribution in [3.05, 3.63) is 29.6 Å². The van der Waals surface area contributed by atoms with Crippen LogP contribution in [0.4, 0.5) is 4.39 Å². The zero-order valence-electron chi connectivity index (χ0n) is 11.4. The lowest BCUT2D eigenvalue weighted by molar-refractivity contribution is -0.152. The number of ether oxygens (including phenoxy) is 2. The lowest BCUT2D eigenvalue weighted by atomic mass is 9.81. The maximum atomic E-state index is 13.3. The van der Waals surface area contributed by atoms with Gasteiger partial charge in [-0.1, -0.05) is 6.07 Å². The van der Waals surface area contributed by atoms with Gasteiger partial charge in [0.2, 0.25) is 0 Å². The minimum Gasteiger partial charge on any atom is -0.494 e. The molecule has 0 fully saturated rings. The van der Waals surface area contributed by atoms with Gasteiger partial charge in [0.25, 0.3) is 0 Å². The van der Waals surface area contributed by atoms with Crippen LogP contribution in [0.25, 0.3) is 0 Å². The number of rotatable bonds is 4. The van der Waals surface area contributed by atoms with Crippen LogP contribution in [-0.4, -0.2) is 20.2 Å². The number of carbonyl (C=O) groups is 1. The van der Waals surface area contributed by atoms with Gasteiger partial charge in [0.1, 0.15) is 0 Å². The Morgan fingerprint density at radius 2 is 1.95 bits per heavy atom. The summed E-state index contributed by atoms with van der Waals surface area (Å²) >= 11 is 0. The molecule has 0 aliphatic rings. The molecule has 19 heavy (non-hydrogen) atoms. The molecule has 0 aliphatic carbocycles. The highest BCUT2D eigenvalue weighted by molar-refractivity contribution is 5.85. The number of methoxy groups -OCH3 is 2. The second kappa shape index (κ2) is 6.73. The number of hydrogen-bond donors (Lipinski definition) is 1. The molecule has 1 rings (SSSR count). The van der Waals surface area contributed by atoms with Crippen molar-refractivity contribution >= 4 is 18.4 Å². The number of hydrogen-bond acceptors (Lipinski definition) is 4. The molecular formula is C13H19ClFNO3. The maximum Gasteiger partial charge on any atom is 0.313 e. The summed E-state index contributed by atoms with van der Waals surface area (Å²) in [5, 5.41) is 0. The van der Waals surface area contributed by atoms with E-state index in [0.29, 0.717) is 5.56 Å². The Kier molecular flexibility index (Phi) is 6.25. The van der Waals surface area contributed by atoms with Crippen LogP contribution in [0, 0.1) is 11.2 Å². The lowest BCUT2D eigenvalue weighted by Crippen LogP contribution is -2.37. The first-order valence-corrected chi connectivity index (χ1v) is 5.52. The molecular weight excluding hydrogens is 273 g/mol. The largest absolute Gasteiger partial charge is 0.494 e. The van der Waals surface area contributed by atoms with E-state index in [4.69, 9.17) is 15.2 Å². The van der Waals surface area contributed by atoms with Crippen molar-refractivity contribution in [2.45, 2.75) is 19.9 Å². The van der Waals surface area contributed by atoms with Crippen molar-refractivity contribution in [2.75, 3.05) is 14.2 Å². The van der Waals surface area contributed by atoms with Crippen LogP contribution in [0.5, 0.6) is 5.75 Å². The summed E-state index contributed by atoms with van der Waals surface area (Å²) in [6.07, 6.45) is 0. The number of halogens is 2. The summed E-state index contributed by atoms with van der Waals surface area (Å²) in [5.74, 6) is -0.786. The third-order valence-electron chi connectivity index (χ3n) is 3.02. The molecule has 0 aliphatic heterocycles. The maximum absolute atomic E-state index is 13.3. The fourth-order valence-electron chi connectivity index (χ4n) is 1.68. The van der Waals surface area contributed by atoms with Crippen LogP contribution < -0.4 is 10.5 Å². The number of nitrogens with two attached hydrogens (primary N) is 1. The highest BCUT2D eigenvalue weighted by Crippen LogP contribution is 2.34. The van der Waals surface area contributed by atoms with Gasteiger partial charge >= 0.3 is 5.97 Å². The van der Waals surface area contributed by atoms with Crippen LogP contribution in [0.1, 0.15) is 25.5 Å². The third kappa shape index (κ3) is 3.58. The zero-order valence-corrected chi connectivity index (χ0v) is 12.2. The molecule has 2 N–H and O–H groups in total. The van der Waals surface area contributed by atoms with Gasteiger partial charge in [-0.15, -0.1) is 12.4 Å². The summed E-state index contributed by atoms with van der Waals surface area (Å²) in [4.78, 5) is 11.7. The molecule has 1 atom stereocenters. The van der Waals surface area contributed by atoms with E-state index in [1.807, 2.05) is 0 Å². The normalized spacial score (nSPS) is 12.3. The van der Waals surface area contributed by atoms with Gasteiger partial charge in [0, 0.05) is 6.04 Å². The van der Waals surface area contributed by atoms with Gasteiger partial charge in [0.15, 0.2) is 11.6 Å². The summed E-state index contributed by atoms with van der Waals surface area (Å²) < 4.78 is 22.9. The molecule has 0 heterocycles. The van der Waals surface area contributed by atoms with Crippen LogP contribution >= 0.6 is 12.4 Å². The molecule has 0 radical (unpaired) electrons. The minimum atomic E-state index is -0.905. The van der Waals surface area contributed by atoms with E-state index in [1.165, 1.54) is 32.4 Å². The molecule has 4 nitrogen and oxygen atoms in total. The average molecular weight is 292 g/mol. The van der Waals surface area contributed by atoms with Gasteiger partial charge < -0.3 is 15.2 Å². The highest BCUT2D eigenvalue weighted by atomic mass is 35.5. The van der Waals surface area contributed by atoms with Gasteiger partial charge in [-0.25, -0.2) is 4.39 Å². The van der Waals surface area contributed by atoms with Crippen LogP contribution in [0.3, 0.4) is 0 Å². The Labute approximate surface area is 118 Å². The molecule has 0 amide bonds. The molecule has 0 bridgehead atoms. The van der Waals surface area contributed by atoms with Crippen LogP contribution in [0.2, 0.25) is 0 Å². The van der Waals surface area contributed by atoms with Crippen LogP contribution in [-0.2, 0) is 9.53 Å². The van der Waals surface area contributed by atoms with E-state index < -0.39 is 23.2 Å². The molecule has 0 unspecified atom stereocenters. The molecule has 6 heteroatoms. The van der Waals surface area contributed by atoms with Crippen molar-refractivity contribution in [1.29, 1.82) is 0 Å². The third-order valence-corrected chi connectivity index (χ3v) is 3.02. The molecule has 0 saturated heterocycles. The Morgan fingerprint density at radius 3 is 2.42 bits per heavy atom. The average Bonchev–Trinajstić information content (AvgIpc) is 2.37. The van der Waals surface area contributed by atoms with Gasteiger partial charge in [-0.05, 0) is 31.5 Å². The first-order valence-electron chi connectivity index (χ1n) is 5.52. The molecule has 0 aromatic heterocycles.